The van der Waals surface area contributed by atoms with Gasteiger partial charge in [0, 0.05) is 25.2 Å². The second-order valence-corrected chi connectivity index (χ2v) is 11.7. The van der Waals surface area contributed by atoms with E-state index >= 15 is 0 Å². The number of likely N-dealkylation sites (tertiary alicyclic amines) is 1. The summed E-state index contributed by atoms with van der Waals surface area (Å²) >= 11 is 0. The first-order valence-electron chi connectivity index (χ1n) is 14.8. The molecule has 3 fully saturated rings. The van der Waals surface area contributed by atoms with Crippen LogP contribution in [-0.4, -0.2) is 59.9 Å². The van der Waals surface area contributed by atoms with Crippen LogP contribution in [0.3, 0.4) is 0 Å². The highest BCUT2D eigenvalue weighted by Gasteiger charge is 2.41. The minimum atomic E-state index is -0.0550. The number of nitrogens with zero attached hydrogens (tertiary/aromatic N) is 2. The number of morpholine rings is 1. The fourth-order valence-electron chi connectivity index (χ4n) is 6.35. The molecule has 2 heterocycles. The number of rotatable bonds is 8. The van der Waals surface area contributed by atoms with Gasteiger partial charge in [0.1, 0.15) is 6.10 Å². The quantitative estimate of drug-likeness (QED) is 0.359. The van der Waals surface area contributed by atoms with Crippen molar-refractivity contribution in [2.45, 2.75) is 77.5 Å². The molecular weight excluding hydrogens is 486 g/mol. The first-order valence-corrected chi connectivity index (χ1v) is 14.8. The van der Waals surface area contributed by atoms with Crippen LogP contribution < -0.4 is 5.32 Å². The van der Waals surface area contributed by atoms with E-state index in [0.29, 0.717) is 24.4 Å². The number of ether oxygens (including phenoxy) is 1. The normalized spacial score (nSPS) is 24.8. The molecule has 3 aliphatic rings. The molecule has 6 heteroatoms. The molecule has 5 rings (SSSR count). The maximum absolute atomic E-state index is 13.6. The molecule has 1 N–H and O–H groups in total. The van der Waals surface area contributed by atoms with Gasteiger partial charge in [0.2, 0.25) is 0 Å². The van der Waals surface area contributed by atoms with E-state index in [0.717, 1.165) is 55.7 Å². The van der Waals surface area contributed by atoms with E-state index < -0.39 is 0 Å². The van der Waals surface area contributed by atoms with E-state index in [1.807, 2.05) is 35.2 Å². The van der Waals surface area contributed by atoms with Crippen LogP contribution in [0.1, 0.15) is 78.9 Å². The molecular formula is C33H43N3O3. The zero-order valence-electron chi connectivity index (χ0n) is 23.5. The molecule has 208 valence electrons. The van der Waals surface area contributed by atoms with Gasteiger partial charge in [-0.3, -0.25) is 9.59 Å². The van der Waals surface area contributed by atoms with Gasteiger partial charge in [0.15, 0.2) is 5.76 Å². The zero-order valence-corrected chi connectivity index (χ0v) is 23.5. The van der Waals surface area contributed by atoms with Crippen molar-refractivity contribution in [1.29, 1.82) is 0 Å². The molecule has 2 aromatic rings. The molecule has 0 aromatic heterocycles. The van der Waals surface area contributed by atoms with Gasteiger partial charge < -0.3 is 19.9 Å². The highest BCUT2D eigenvalue weighted by molar-refractivity contribution is 5.97. The van der Waals surface area contributed by atoms with Crippen LogP contribution in [-0.2, 0) is 16.1 Å². The van der Waals surface area contributed by atoms with Gasteiger partial charge in [-0.1, -0.05) is 55.3 Å². The molecule has 2 aromatic carbocycles. The van der Waals surface area contributed by atoms with Crippen molar-refractivity contribution in [3.05, 3.63) is 76.5 Å². The summed E-state index contributed by atoms with van der Waals surface area (Å²) in [6, 6.07) is 15.9. The lowest BCUT2D eigenvalue weighted by Gasteiger charge is -2.44. The average Bonchev–Trinajstić information content (AvgIpc) is 2.94. The Morgan fingerprint density at radius 2 is 1.90 bits per heavy atom. The minimum Gasteiger partial charge on any atom is -0.482 e. The van der Waals surface area contributed by atoms with Crippen LogP contribution in [0.5, 0.6) is 0 Å². The number of amides is 2. The molecule has 2 amide bonds. The monoisotopic (exact) mass is 529 g/mol. The molecule has 0 radical (unpaired) electrons. The number of nitrogens with one attached hydrogen (secondary N) is 1. The van der Waals surface area contributed by atoms with Crippen molar-refractivity contribution in [3.63, 3.8) is 0 Å². The third kappa shape index (κ3) is 7.10. The lowest BCUT2D eigenvalue weighted by Crippen LogP contribution is -2.54. The van der Waals surface area contributed by atoms with E-state index in [9.17, 15) is 9.59 Å². The fraction of sp³-hybridized carbons (Fsp3) is 0.515. The molecule has 0 bridgehead atoms. The van der Waals surface area contributed by atoms with Crippen LogP contribution in [0.2, 0.25) is 0 Å². The lowest BCUT2D eigenvalue weighted by molar-refractivity contribution is -0.149. The lowest BCUT2D eigenvalue weighted by atomic mass is 9.89. The molecule has 1 aliphatic carbocycles. The summed E-state index contributed by atoms with van der Waals surface area (Å²) in [6.45, 7) is 9.05. The highest BCUT2D eigenvalue weighted by atomic mass is 16.5. The third-order valence-corrected chi connectivity index (χ3v) is 8.40. The van der Waals surface area contributed by atoms with Crippen molar-refractivity contribution < 1.29 is 14.3 Å². The van der Waals surface area contributed by atoms with Crippen LogP contribution in [0.25, 0.3) is 6.08 Å². The van der Waals surface area contributed by atoms with E-state index in [2.05, 4.69) is 48.3 Å². The average molecular weight is 530 g/mol. The van der Waals surface area contributed by atoms with E-state index in [-0.39, 0.29) is 24.0 Å². The summed E-state index contributed by atoms with van der Waals surface area (Å²) in [6.07, 6.45) is 9.63. The minimum absolute atomic E-state index is 0.0331. The Morgan fingerprint density at radius 3 is 2.69 bits per heavy atom. The van der Waals surface area contributed by atoms with Gasteiger partial charge in [-0.25, -0.2) is 0 Å². The standard InChI is InChI=1S/C33H43N3O3/c1-24-8-5-10-27(20-24)23-36-29-11-3-4-12-30(29)39-31(33(36)38)21-26-13-15-28(16-14-26)32(37)34-17-7-19-35-18-6-9-25(2)22-35/h5,8,10,13-16,20-21,25,29-30H,3-4,6-7,9,11-12,17-19,22-23H2,1-2H3,(H,34,37)/b31-21+. The summed E-state index contributed by atoms with van der Waals surface area (Å²) < 4.78 is 6.28. The smallest absolute Gasteiger partial charge is 0.289 e. The summed E-state index contributed by atoms with van der Waals surface area (Å²) in [5.74, 6) is 1.07. The molecule has 3 unspecified atom stereocenters. The van der Waals surface area contributed by atoms with E-state index in [1.165, 1.54) is 31.5 Å². The van der Waals surface area contributed by atoms with Crippen LogP contribution in [0.4, 0.5) is 0 Å². The summed E-state index contributed by atoms with van der Waals surface area (Å²) in [5, 5.41) is 3.06. The molecule has 0 spiro atoms. The van der Waals surface area contributed by atoms with E-state index in [4.69, 9.17) is 4.74 Å². The second-order valence-electron chi connectivity index (χ2n) is 11.7. The molecule has 39 heavy (non-hydrogen) atoms. The Morgan fingerprint density at radius 1 is 1.08 bits per heavy atom. The van der Waals surface area contributed by atoms with Gasteiger partial charge in [0.25, 0.3) is 11.8 Å². The van der Waals surface area contributed by atoms with Crippen molar-refractivity contribution in [2.75, 3.05) is 26.2 Å². The van der Waals surface area contributed by atoms with Gasteiger partial charge in [0.05, 0.1) is 6.04 Å². The van der Waals surface area contributed by atoms with Gasteiger partial charge in [-0.15, -0.1) is 0 Å². The molecule has 3 atom stereocenters. The summed E-state index contributed by atoms with van der Waals surface area (Å²) in [7, 11) is 0. The van der Waals surface area contributed by atoms with Gasteiger partial charge in [-0.05, 0) is 93.8 Å². The van der Waals surface area contributed by atoms with Crippen LogP contribution >= 0.6 is 0 Å². The number of piperidine rings is 1. The number of benzene rings is 2. The molecule has 2 saturated heterocycles. The molecule has 1 saturated carbocycles. The van der Waals surface area contributed by atoms with Crippen LogP contribution in [0, 0.1) is 12.8 Å². The van der Waals surface area contributed by atoms with E-state index in [1.54, 1.807) is 0 Å². The van der Waals surface area contributed by atoms with Crippen molar-refractivity contribution >= 4 is 17.9 Å². The van der Waals surface area contributed by atoms with Gasteiger partial charge in [-0.2, -0.15) is 0 Å². The predicted molar refractivity (Wildman–Crippen MR) is 155 cm³/mol. The number of aryl methyl sites for hydroxylation is 1. The number of hydrogen-bond acceptors (Lipinski definition) is 4. The van der Waals surface area contributed by atoms with Crippen molar-refractivity contribution in [2.24, 2.45) is 5.92 Å². The Bertz CT molecular complexity index is 1170. The topological polar surface area (TPSA) is 61.9 Å². The third-order valence-electron chi connectivity index (χ3n) is 8.40. The Kier molecular flexibility index (Phi) is 9.02. The van der Waals surface area contributed by atoms with Gasteiger partial charge >= 0.3 is 0 Å². The summed E-state index contributed by atoms with van der Waals surface area (Å²) in [4.78, 5) is 30.8. The molecule has 6 nitrogen and oxygen atoms in total. The number of hydrogen-bond donors (Lipinski definition) is 1. The number of fused-ring (bicyclic) bond motifs is 1. The van der Waals surface area contributed by atoms with Crippen molar-refractivity contribution in [1.82, 2.24) is 15.1 Å². The fourth-order valence-corrected chi connectivity index (χ4v) is 6.35. The Labute approximate surface area is 233 Å². The maximum atomic E-state index is 13.6. The highest BCUT2D eigenvalue weighted by Crippen LogP contribution is 2.34. The number of carbonyl (C=O) groups excluding carboxylic acids is 2. The zero-order chi connectivity index (χ0) is 27.2. The molecule has 2 aliphatic heterocycles. The first-order chi connectivity index (χ1) is 19.0. The largest absolute Gasteiger partial charge is 0.482 e. The summed E-state index contributed by atoms with van der Waals surface area (Å²) in [5.41, 5.74) is 3.84. The predicted octanol–water partition coefficient (Wildman–Crippen LogP) is 5.56. The Hall–Kier alpha value is -3.12. The maximum Gasteiger partial charge on any atom is 0.289 e. The Balaban J connectivity index is 1.20. The van der Waals surface area contributed by atoms with Crippen molar-refractivity contribution in [3.8, 4) is 0 Å². The second kappa shape index (κ2) is 12.8. The first kappa shape index (κ1) is 27.4. The van der Waals surface area contributed by atoms with Crippen LogP contribution in [0.15, 0.2) is 54.3 Å². The SMILES string of the molecule is Cc1cccc(CN2C(=O)/C(=C\c3ccc(C(=O)NCCCN4CCCC(C)C4)cc3)OC3CCCCC32)c1. The number of carbonyl (C=O) groups is 2.